The number of carboxylic acid groups (broad SMARTS) is 1. The third-order valence-electron chi connectivity index (χ3n) is 3.48. The summed E-state index contributed by atoms with van der Waals surface area (Å²) in [6.45, 7) is 1.53. The van der Waals surface area contributed by atoms with Crippen LogP contribution in [0.3, 0.4) is 0 Å². The van der Waals surface area contributed by atoms with Crippen molar-refractivity contribution < 1.29 is 19.8 Å². The number of aliphatic hydroxyl groups is 1. The van der Waals surface area contributed by atoms with Crippen LogP contribution in [0.25, 0.3) is 0 Å². The largest absolute Gasteiger partial charge is 0.480 e. The van der Waals surface area contributed by atoms with Gasteiger partial charge in [-0.3, -0.25) is 0 Å². The molecule has 0 aliphatic heterocycles. The highest BCUT2D eigenvalue weighted by Gasteiger charge is 2.24. The van der Waals surface area contributed by atoms with E-state index >= 15 is 0 Å². The predicted octanol–water partition coefficient (Wildman–Crippen LogP) is 0.700. The molecule has 0 radical (unpaired) electrons. The molecule has 4 N–H and O–H groups in total. The molecule has 0 aromatic carbocycles. The van der Waals surface area contributed by atoms with Crippen LogP contribution >= 0.6 is 0 Å². The average Bonchev–Trinajstić information content (AvgIpc) is 2.35. The molecule has 1 rings (SSSR count). The van der Waals surface area contributed by atoms with Gasteiger partial charge >= 0.3 is 12.0 Å². The van der Waals surface area contributed by atoms with Gasteiger partial charge in [-0.05, 0) is 18.8 Å². The van der Waals surface area contributed by atoms with Crippen molar-refractivity contribution in [2.75, 3.05) is 6.61 Å². The lowest BCUT2D eigenvalue weighted by molar-refractivity contribution is -0.140. The first kappa shape index (κ1) is 14.8. The van der Waals surface area contributed by atoms with Crippen molar-refractivity contribution in [3.63, 3.8) is 0 Å². The molecule has 1 saturated carbocycles. The lowest BCUT2D eigenvalue weighted by Crippen LogP contribution is -2.51. The third kappa shape index (κ3) is 4.52. The molecule has 0 bridgehead atoms. The van der Waals surface area contributed by atoms with E-state index in [0.29, 0.717) is 5.92 Å². The summed E-state index contributed by atoms with van der Waals surface area (Å²) < 4.78 is 0. The van der Waals surface area contributed by atoms with Gasteiger partial charge in [0.25, 0.3) is 0 Å². The summed E-state index contributed by atoms with van der Waals surface area (Å²) in [5.74, 6) is -0.597. The summed E-state index contributed by atoms with van der Waals surface area (Å²) >= 11 is 0. The standard InChI is InChI=1S/C12H22N2O4/c1-2-8-4-3-5-9(6-8)13-12(18)14-10(7-15)11(16)17/h8-10,15H,2-7H2,1H3,(H,16,17)(H2,13,14,18)/t8?,9?,10-/m1/s1. The van der Waals surface area contributed by atoms with E-state index in [4.69, 9.17) is 10.2 Å². The number of aliphatic hydroxyl groups excluding tert-OH is 1. The molecule has 0 heterocycles. The summed E-state index contributed by atoms with van der Waals surface area (Å²) in [7, 11) is 0. The van der Waals surface area contributed by atoms with Gasteiger partial charge in [0.05, 0.1) is 6.61 Å². The van der Waals surface area contributed by atoms with E-state index in [2.05, 4.69) is 17.6 Å². The highest BCUT2D eigenvalue weighted by atomic mass is 16.4. The molecule has 6 nitrogen and oxygen atoms in total. The number of hydrogen-bond donors (Lipinski definition) is 4. The molecule has 18 heavy (non-hydrogen) atoms. The maximum absolute atomic E-state index is 11.6. The lowest BCUT2D eigenvalue weighted by Gasteiger charge is -2.29. The van der Waals surface area contributed by atoms with E-state index in [1.165, 1.54) is 6.42 Å². The number of carbonyl (C=O) groups excluding carboxylic acids is 1. The smallest absolute Gasteiger partial charge is 0.328 e. The van der Waals surface area contributed by atoms with Crippen LogP contribution < -0.4 is 10.6 Å². The van der Waals surface area contributed by atoms with Gasteiger partial charge in [-0.2, -0.15) is 0 Å². The summed E-state index contributed by atoms with van der Waals surface area (Å²) in [5.41, 5.74) is 0. The molecule has 1 aliphatic rings. The van der Waals surface area contributed by atoms with Crippen molar-refractivity contribution in [1.82, 2.24) is 10.6 Å². The van der Waals surface area contributed by atoms with Crippen LogP contribution in [0.1, 0.15) is 39.0 Å². The maximum Gasteiger partial charge on any atom is 0.328 e. The van der Waals surface area contributed by atoms with Crippen LogP contribution in [0.4, 0.5) is 4.79 Å². The first-order valence-electron chi connectivity index (χ1n) is 6.47. The summed E-state index contributed by atoms with van der Waals surface area (Å²) in [6.07, 6.45) is 5.27. The molecule has 2 amide bonds. The Morgan fingerprint density at radius 3 is 2.67 bits per heavy atom. The van der Waals surface area contributed by atoms with Gasteiger partial charge in [0.2, 0.25) is 0 Å². The fourth-order valence-corrected chi connectivity index (χ4v) is 2.36. The molecule has 0 saturated heterocycles. The average molecular weight is 258 g/mol. The minimum Gasteiger partial charge on any atom is -0.480 e. The van der Waals surface area contributed by atoms with Crippen molar-refractivity contribution in [3.8, 4) is 0 Å². The first-order valence-corrected chi connectivity index (χ1v) is 6.47. The Morgan fingerprint density at radius 1 is 1.39 bits per heavy atom. The quantitative estimate of drug-likeness (QED) is 0.583. The van der Waals surface area contributed by atoms with Gasteiger partial charge in [0.15, 0.2) is 6.04 Å². The fraction of sp³-hybridized carbons (Fsp3) is 0.833. The number of aliphatic carboxylic acids is 1. The van der Waals surface area contributed by atoms with Crippen molar-refractivity contribution in [3.05, 3.63) is 0 Å². The number of carbonyl (C=O) groups is 2. The normalized spacial score (nSPS) is 25.2. The Labute approximate surface area is 107 Å². The van der Waals surface area contributed by atoms with Gasteiger partial charge in [0, 0.05) is 6.04 Å². The van der Waals surface area contributed by atoms with Gasteiger partial charge in [-0.25, -0.2) is 9.59 Å². The zero-order valence-corrected chi connectivity index (χ0v) is 10.7. The molecule has 1 aliphatic carbocycles. The summed E-state index contributed by atoms with van der Waals surface area (Å²) in [4.78, 5) is 22.2. The number of carboxylic acids is 1. The van der Waals surface area contributed by atoms with Gasteiger partial charge in [-0.1, -0.05) is 26.2 Å². The second-order valence-corrected chi connectivity index (χ2v) is 4.83. The Morgan fingerprint density at radius 2 is 2.11 bits per heavy atom. The van der Waals surface area contributed by atoms with Crippen LogP contribution in [-0.4, -0.2) is 40.9 Å². The minimum atomic E-state index is -1.24. The van der Waals surface area contributed by atoms with E-state index in [1.807, 2.05) is 0 Å². The summed E-state index contributed by atoms with van der Waals surface area (Å²) in [5, 5.41) is 22.5. The molecule has 0 spiro atoms. The van der Waals surface area contributed by atoms with Crippen LogP contribution in [0, 0.1) is 5.92 Å². The predicted molar refractivity (Wildman–Crippen MR) is 66.2 cm³/mol. The van der Waals surface area contributed by atoms with Crippen molar-refractivity contribution in [2.45, 2.75) is 51.1 Å². The lowest BCUT2D eigenvalue weighted by atomic mass is 9.84. The number of urea groups is 1. The number of hydrogen-bond acceptors (Lipinski definition) is 3. The maximum atomic E-state index is 11.6. The Hall–Kier alpha value is -1.30. The zero-order valence-electron chi connectivity index (χ0n) is 10.7. The van der Waals surface area contributed by atoms with Crippen molar-refractivity contribution in [2.24, 2.45) is 5.92 Å². The minimum absolute atomic E-state index is 0.108. The zero-order chi connectivity index (χ0) is 13.5. The number of rotatable bonds is 5. The van der Waals surface area contributed by atoms with Crippen LogP contribution in [0.15, 0.2) is 0 Å². The van der Waals surface area contributed by atoms with Crippen molar-refractivity contribution in [1.29, 1.82) is 0 Å². The summed E-state index contributed by atoms with van der Waals surface area (Å²) in [6, 6.07) is -1.65. The molecule has 6 heteroatoms. The number of nitrogens with one attached hydrogen (secondary N) is 2. The van der Waals surface area contributed by atoms with E-state index in [0.717, 1.165) is 25.7 Å². The monoisotopic (exact) mass is 258 g/mol. The van der Waals surface area contributed by atoms with Gasteiger partial charge in [-0.15, -0.1) is 0 Å². The Balaban J connectivity index is 2.37. The first-order chi connectivity index (χ1) is 8.56. The van der Waals surface area contributed by atoms with E-state index in [-0.39, 0.29) is 6.04 Å². The van der Waals surface area contributed by atoms with Gasteiger partial charge < -0.3 is 20.8 Å². The van der Waals surface area contributed by atoms with Crippen LogP contribution in [0.2, 0.25) is 0 Å². The molecule has 0 aromatic rings. The van der Waals surface area contributed by atoms with Crippen LogP contribution in [0.5, 0.6) is 0 Å². The molecule has 1 fully saturated rings. The molecule has 3 atom stereocenters. The fourth-order valence-electron chi connectivity index (χ4n) is 2.36. The van der Waals surface area contributed by atoms with E-state index in [9.17, 15) is 9.59 Å². The van der Waals surface area contributed by atoms with Crippen molar-refractivity contribution >= 4 is 12.0 Å². The second-order valence-electron chi connectivity index (χ2n) is 4.83. The number of amides is 2. The van der Waals surface area contributed by atoms with E-state index in [1.54, 1.807) is 0 Å². The van der Waals surface area contributed by atoms with Crippen LogP contribution in [-0.2, 0) is 4.79 Å². The topological polar surface area (TPSA) is 98.7 Å². The van der Waals surface area contributed by atoms with E-state index < -0.39 is 24.6 Å². The molecule has 0 aromatic heterocycles. The molecular weight excluding hydrogens is 236 g/mol. The second kappa shape index (κ2) is 7.20. The third-order valence-corrected chi connectivity index (χ3v) is 3.48. The highest BCUT2D eigenvalue weighted by molar-refractivity contribution is 5.82. The Bertz CT molecular complexity index is 296. The SMILES string of the molecule is CCC1CCCC(NC(=O)N[C@H](CO)C(=O)O)C1. The highest BCUT2D eigenvalue weighted by Crippen LogP contribution is 2.26. The molecule has 2 unspecified atom stereocenters. The molecule has 104 valence electrons. The molecular formula is C12H22N2O4. The Kier molecular flexibility index (Phi) is 5.91. The van der Waals surface area contributed by atoms with Gasteiger partial charge in [0.1, 0.15) is 0 Å².